The first-order valence-electron chi connectivity index (χ1n) is 11.8. The Kier molecular flexibility index (Phi) is 4.99. The Balaban J connectivity index is 1.44. The number of carbonyl (C=O) groups is 1. The van der Waals surface area contributed by atoms with Crippen molar-refractivity contribution in [1.29, 1.82) is 0 Å². The molecule has 4 nitrogen and oxygen atoms in total. The Hall–Kier alpha value is -2.10. The number of ether oxygens (including phenoxy) is 1. The molecule has 0 aliphatic heterocycles. The Morgan fingerprint density at radius 1 is 1.10 bits per heavy atom. The number of H-pyrrole nitrogens is 1. The third kappa shape index (κ3) is 3.48. The Morgan fingerprint density at radius 2 is 1.70 bits per heavy atom. The minimum atomic E-state index is -0.299. The first-order chi connectivity index (χ1) is 14.5. The predicted octanol–water partition coefficient (Wildman–Crippen LogP) is 6.02. The van der Waals surface area contributed by atoms with Crippen molar-refractivity contribution >= 4 is 5.97 Å². The van der Waals surface area contributed by atoms with Crippen LogP contribution in [0.15, 0.2) is 18.2 Å². The number of nitrogens with zero attached hydrogens (tertiary/aromatic N) is 1. The number of hydrogen-bond donors (Lipinski definition) is 1. The standard InChI is InChI=1S/C26H34N2O2/c1-4-30-25(29)23-21(27-24(28-23)22-16(2)6-5-7-17(22)3)8-9-26-13-18-10-19(14-26)12-20(11-18)15-26/h5-7,18-20H,4,8-15H2,1-3H3,(H,27,28). The number of aromatic amines is 1. The summed E-state index contributed by atoms with van der Waals surface area (Å²) >= 11 is 0. The van der Waals surface area contributed by atoms with Gasteiger partial charge in [-0.1, -0.05) is 18.2 Å². The van der Waals surface area contributed by atoms with Crippen molar-refractivity contribution in [3.63, 3.8) is 0 Å². The van der Waals surface area contributed by atoms with Crippen molar-refractivity contribution in [2.45, 2.75) is 72.1 Å². The van der Waals surface area contributed by atoms with Crippen molar-refractivity contribution in [3.8, 4) is 11.4 Å². The van der Waals surface area contributed by atoms with Crippen LogP contribution in [0.5, 0.6) is 0 Å². The molecule has 4 aliphatic rings. The van der Waals surface area contributed by atoms with Gasteiger partial charge in [-0.25, -0.2) is 9.78 Å². The van der Waals surface area contributed by atoms with Gasteiger partial charge in [0, 0.05) is 11.3 Å². The molecule has 0 spiro atoms. The Labute approximate surface area is 179 Å². The number of aryl methyl sites for hydroxylation is 3. The van der Waals surface area contributed by atoms with E-state index in [-0.39, 0.29) is 5.97 Å². The molecule has 0 saturated heterocycles. The van der Waals surface area contributed by atoms with Gasteiger partial charge >= 0.3 is 5.97 Å². The molecule has 4 saturated carbocycles. The fourth-order valence-electron chi connectivity index (χ4n) is 7.25. The summed E-state index contributed by atoms with van der Waals surface area (Å²) in [5.74, 6) is 3.36. The van der Waals surface area contributed by atoms with Crippen LogP contribution in [0, 0.1) is 37.0 Å². The summed E-state index contributed by atoms with van der Waals surface area (Å²) in [4.78, 5) is 21.0. The predicted molar refractivity (Wildman–Crippen MR) is 118 cm³/mol. The summed E-state index contributed by atoms with van der Waals surface area (Å²) < 4.78 is 5.35. The first-order valence-corrected chi connectivity index (χ1v) is 11.8. The summed E-state index contributed by atoms with van der Waals surface area (Å²) in [6, 6.07) is 6.27. The largest absolute Gasteiger partial charge is 0.461 e. The first kappa shape index (κ1) is 19.8. The van der Waals surface area contributed by atoms with Gasteiger partial charge < -0.3 is 9.72 Å². The van der Waals surface area contributed by atoms with Crippen molar-refractivity contribution < 1.29 is 9.53 Å². The molecule has 1 aromatic carbocycles. The second-order valence-corrected chi connectivity index (χ2v) is 10.3. The van der Waals surface area contributed by atoms with E-state index in [4.69, 9.17) is 9.72 Å². The van der Waals surface area contributed by atoms with E-state index in [0.29, 0.717) is 17.7 Å². The van der Waals surface area contributed by atoms with Gasteiger partial charge in [0.2, 0.25) is 0 Å². The zero-order valence-corrected chi connectivity index (χ0v) is 18.6. The lowest BCUT2D eigenvalue weighted by atomic mass is 9.48. The van der Waals surface area contributed by atoms with Gasteiger partial charge in [-0.05, 0) is 106 Å². The lowest BCUT2D eigenvalue weighted by Crippen LogP contribution is -2.46. The van der Waals surface area contributed by atoms with E-state index in [9.17, 15) is 4.79 Å². The molecule has 0 unspecified atom stereocenters. The van der Waals surface area contributed by atoms with E-state index in [1.807, 2.05) is 6.92 Å². The second kappa shape index (κ2) is 7.55. The number of nitrogens with one attached hydrogen (secondary N) is 1. The molecule has 1 aromatic heterocycles. The quantitative estimate of drug-likeness (QED) is 0.597. The Bertz CT molecular complexity index is 902. The average Bonchev–Trinajstić information content (AvgIpc) is 3.09. The molecule has 4 bridgehead atoms. The molecule has 1 N–H and O–H groups in total. The summed E-state index contributed by atoms with van der Waals surface area (Å²) in [6.45, 7) is 6.43. The number of hydrogen-bond acceptors (Lipinski definition) is 3. The fourth-order valence-corrected chi connectivity index (χ4v) is 7.25. The van der Waals surface area contributed by atoms with Crippen molar-refractivity contribution in [2.75, 3.05) is 6.61 Å². The molecule has 2 aromatic rings. The van der Waals surface area contributed by atoms with Gasteiger partial charge in [0.15, 0.2) is 5.69 Å². The highest BCUT2D eigenvalue weighted by Gasteiger charge is 2.50. The summed E-state index contributed by atoms with van der Waals surface area (Å²) in [6.07, 6.45) is 10.6. The van der Waals surface area contributed by atoms with Gasteiger partial charge in [0.1, 0.15) is 5.82 Å². The normalized spacial score (nSPS) is 29.4. The highest BCUT2D eigenvalue weighted by molar-refractivity contribution is 5.89. The number of carbonyl (C=O) groups excluding carboxylic acids is 1. The maximum Gasteiger partial charge on any atom is 0.358 e. The molecular weight excluding hydrogens is 372 g/mol. The van der Waals surface area contributed by atoms with Crippen LogP contribution in [0.2, 0.25) is 0 Å². The molecule has 4 aliphatic carbocycles. The van der Waals surface area contributed by atoms with Gasteiger partial charge in [0.25, 0.3) is 0 Å². The number of aromatic nitrogens is 2. The van der Waals surface area contributed by atoms with Crippen molar-refractivity contribution in [1.82, 2.24) is 9.97 Å². The van der Waals surface area contributed by atoms with E-state index in [0.717, 1.165) is 47.7 Å². The number of benzene rings is 1. The van der Waals surface area contributed by atoms with Crippen LogP contribution >= 0.6 is 0 Å². The van der Waals surface area contributed by atoms with Crippen LogP contribution in [-0.2, 0) is 11.2 Å². The van der Waals surface area contributed by atoms with E-state index >= 15 is 0 Å². The minimum Gasteiger partial charge on any atom is -0.461 e. The Morgan fingerprint density at radius 3 is 2.27 bits per heavy atom. The van der Waals surface area contributed by atoms with Crippen molar-refractivity contribution in [2.24, 2.45) is 23.2 Å². The molecule has 4 fully saturated rings. The highest BCUT2D eigenvalue weighted by Crippen LogP contribution is 2.61. The lowest BCUT2D eigenvalue weighted by Gasteiger charge is -2.57. The number of esters is 1. The molecule has 160 valence electrons. The molecule has 6 rings (SSSR count). The molecular formula is C26H34N2O2. The second-order valence-electron chi connectivity index (χ2n) is 10.3. The van der Waals surface area contributed by atoms with E-state index in [1.165, 1.54) is 49.7 Å². The van der Waals surface area contributed by atoms with Gasteiger partial charge in [-0.15, -0.1) is 0 Å². The topological polar surface area (TPSA) is 55.0 Å². The van der Waals surface area contributed by atoms with Crippen LogP contribution in [-0.4, -0.2) is 22.5 Å². The van der Waals surface area contributed by atoms with Crippen LogP contribution in [0.25, 0.3) is 11.4 Å². The zero-order valence-electron chi connectivity index (χ0n) is 18.6. The van der Waals surface area contributed by atoms with Crippen LogP contribution in [0.3, 0.4) is 0 Å². The van der Waals surface area contributed by atoms with Crippen LogP contribution in [0.1, 0.15) is 79.2 Å². The van der Waals surface area contributed by atoms with E-state index in [1.54, 1.807) is 0 Å². The number of imidazole rings is 1. The maximum absolute atomic E-state index is 12.7. The van der Waals surface area contributed by atoms with Crippen LogP contribution < -0.4 is 0 Å². The SMILES string of the molecule is CCOC(=O)c1nc(-c2c(C)cccc2C)[nH]c1CCC12CC3CC(CC(C3)C1)C2. The summed E-state index contributed by atoms with van der Waals surface area (Å²) in [5.41, 5.74) is 5.38. The zero-order chi connectivity index (χ0) is 20.9. The fraction of sp³-hybridized carbons (Fsp3) is 0.615. The highest BCUT2D eigenvalue weighted by atomic mass is 16.5. The third-order valence-corrected chi connectivity index (χ3v) is 8.04. The minimum absolute atomic E-state index is 0.299. The molecule has 0 amide bonds. The average molecular weight is 407 g/mol. The molecule has 30 heavy (non-hydrogen) atoms. The maximum atomic E-state index is 12.7. The summed E-state index contributed by atoms with van der Waals surface area (Å²) in [7, 11) is 0. The van der Waals surface area contributed by atoms with Gasteiger partial charge in [-0.2, -0.15) is 0 Å². The molecule has 1 heterocycles. The smallest absolute Gasteiger partial charge is 0.358 e. The van der Waals surface area contributed by atoms with Crippen LogP contribution in [0.4, 0.5) is 0 Å². The van der Waals surface area contributed by atoms with Crippen molar-refractivity contribution in [3.05, 3.63) is 40.7 Å². The molecule has 0 radical (unpaired) electrons. The van der Waals surface area contributed by atoms with E-state index < -0.39 is 0 Å². The summed E-state index contributed by atoms with van der Waals surface area (Å²) in [5, 5.41) is 0. The van der Waals surface area contributed by atoms with E-state index in [2.05, 4.69) is 37.0 Å². The molecule has 4 heteroatoms. The third-order valence-electron chi connectivity index (χ3n) is 8.04. The van der Waals surface area contributed by atoms with Gasteiger partial charge in [0.05, 0.1) is 6.61 Å². The molecule has 0 atom stereocenters. The van der Waals surface area contributed by atoms with Gasteiger partial charge in [-0.3, -0.25) is 0 Å². The lowest BCUT2D eigenvalue weighted by molar-refractivity contribution is -0.0571. The monoisotopic (exact) mass is 406 g/mol. The number of rotatable bonds is 6.